The highest BCUT2D eigenvalue weighted by Gasteiger charge is 2.16. The Labute approximate surface area is 85.1 Å². The summed E-state index contributed by atoms with van der Waals surface area (Å²) in [5, 5.41) is 12.2. The SMILES string of the molecule is CCSC(=O)c1cc(C(=O)O)nn1C. The molecule has 1 rings (SSSR count). The fourth-order valence-corrected chi connectivity index (χ4v) is 1.57. The first-order valence-corrected chi connectivity index (χ1v) is 4.99. The molecule has 1 aromatic heterocycles. The summed E-state index contributed by atoms with van der Waals surface area (Å²) in [6.07, 6.45) is 0. The second-order valence-corrected chi connectivity index (χ2v) is 3.80. The van der Waals surface area contributed by atoms with Crippen LogP contribution in [0.3, 0.4) is 0 Å². The maximum absolute atomic E-state index is 11.4. The van der Waals surface area contributed by atoms with E-state index in [1.54, 1.807) is 7.05 Å². The maximum atomic E-state index is 11.4. The van der Waals surface area contributed by atoms with Crippen molar-refractivity contribution in [2.24, 2.45) is 7.05 Å². The van der Waals surface area contributed by atoms with Gasteiger partial charge in [-0.3, -0.25) is 9.48 Å². The van der Waals surface area contributed by atoms with Crippen molar-refractivity contribution in [3.8, 4) is 0 Å². The lowest BCUT2D eigenvalue weighted by Crippen LogP contribution is -2.03. The Morgan fingerprint density at radius 1 is 1.64 bits per heavy atom. The van der Waals surface area contributed by atoms with E-state index in [0.29, 0.717) is 11.4 Å². The third-order valence-corrected chi connectivity index (χ3v) is 2.34. The first kappa shape index (κ1) is 10.8. The van der Waals surface area contributed by atoms with Crippen molar-refractivity contribution in [1.29, 1.82) is 0 Å². The molecule has 0 saturated carbocycles. The smallest absolute Gasteiger partial charge is 0.356 e. The highest BCUT2D eigenvalue weighted by atomic mass is 32.2. The van der Waals surface area contributed by atoms with Crippen molar-refractivity contribution >= 4 is 22.8 Å². The van der Waals surface area contributed by atoms with Gasteiger partial charge >= 0.3 is 5.97 Å². The fourth-order valence-electron chi connectivity index (χ4n) is 0.968. The van der Waals surface area contributed by atoms with Crippen LogP contribution in [0, 0.1) is 0 Å². The minimum atomic E-state index is -1.12. The van der Waals surface area contributed by atoms with E-state index in [-0.39, 0.29) is 10.8 Å². The van der Waals surface area contributed by atoms with Gasteiger partial charge in [-0.1, -0.05) is 18.7 Å². The third kappa shape index (κ3) is 2.14. The molecule has 0 aliphatic rings. The topological polar surface area (TPSA) is 72.2 Å². The summed E-state index contributed by atoms with van der Waals surface area (Å²) >= 11 is 1.13. The van der Waals surface area contributed by atoms with Crippen LogP contribution in [-0.4, -0.2) is 31.7 Å². The van der Waals surface area contributed by atoms with Gasteiger partial charge in [0.15, 0.2) is 5.69 Å². The average molecular weight is 214 g/mol. The van der Waals surface area contributed by atoms with Crippen molar-refractivity contribution in [1.82, 2.24) is 9.78 Å². The van der Waals surface area contributed by atoms with Crippen LogP contribution in [0.15, 0.2) is 6.07 Å². The van der Waals surface area contributed by atoms with Crippen LogP contribution in [0.25, 0.3) is 0 Å². The summed E-state index contributed by atoms with van der Waals surface area (Å²) in [6, 6.07) is 1.29. The van der Waals surface area contributed by atoms with Gasteiger partial charge in [-0.2, -0.15) is 5.10 Å². The molecule has 14 heavy (non-hydrogen) atoms. The van der Waals surface area contributed by atoms with Gasteiger partial charge in [0, 0.05) is 13.1 Å². The Balaban J connectivity index is 2.98. The van der Waals surface area contributed by atoms with Crippen LogP contribution in [0.1, 0.15) is 27.9 Å². The molecule has 0 unspecified atom stereocenters. The molecule has 0 bridgehead atoms. The normalized spacial score (nSPS) is 10.1. The molecule has 0 atom stereocenters. The lowest BCUT2D eigenvalue weighted by molar-refractivity contribution is 0.0689. The molecule has 1 aromatic rings. The third-order valence-electron chi connectivity index (χ3n) is 1.58. The molecule has 0 saturated heterocycles. The van der Waals surface area contributed by atoms with E-state index in [4.69, 9.17) is 5.11 Å². The zero-order valence-corrected chi connectivity index (χ0v) is 8.67. The number of thioether (sulfide) groups is 1. The number of hydrogen-bond acceptors (Lipinski definition) is 4. The van der Waals surface area contributed by atoms with E-state index >= 15 is 0 Å². The zero-order chi connectivity index (χ0) is 10.7. The number of carboxylic acid groups (broad SMARTS) is 1. The number of carboxylic acids is 1. The molecule has 0 aromatic carbocycles. The summed E-state index contributed by atoms with van der Waals surface area (Å²) in [6.45, 7) is 1.86. The number of aryl methyl sites for hydroxylation is 1. The van der Waals surface area contributed by atoms with E-state index in [1.807, 2.05) is 6.92 Å². The van der Waals surface area contributed by atoms with Gasteiger partial charge in [0.2, 0.25) is 5.12 Å². The molecular formula is C8H10N2O3S. The van der Waals surface area contributed by atoms with E-state index in [0.717, 1.165) is 11.8 Å². The van der Waals surface area contributed by atoms with Crippen molar-refractivity contribution in [3.05, 3.63) is 17.5 Å². The number of rotatable bonds is 3. The summed E-state index contributed by atoms with van der Waals surface area (Å²) in [5.74, 6) is -0.465. The van der Waals surface area contributed by atoms with E-state index in [1.165, 1.54) is 10.7 Å². The van der Waals surface area contributed by atoms with Crippen molar-refractivity contribution in [3.63, 3.8) is 0 Å². The van der Waals surface area contributed by atoms with E-state index in [9.17, 15) is 9.59 Å². The minimum Gasteiger partial charge on any atom is -0.476 e. The minimum absolute atomic E-state index is 0.104. The van der Waals surface area contributed by atoms with Crippen LogP contribution in [-0.2, 0) is 7.05 Å². The highest BCUT2D eigenvalue weighted by molar-refractivity contribution is 8.14. The van der Waals surface area contributed by atoms with E-state index < -0.39 is 5.97 Å². The second kappa shape index (κ2) is 4.28. The van der Waals surface area contributed by atoms with E-state index in [2.05, 4.69) is 5.10 Å². The lowest BCUT2D eigenvalue weighted by atomic mass is 10.4. The summed E-state index contributed by atoms with van der Waals surface area (Å²) < 4.78 is 1.29. The summed E-state index contributed by atoms with van der Waals surface area (Å²) in [5.41, 5.74) is 0.210. The predicted octanol–water partition coefficient (Wildman–Crippen LogP) is 1.01. The Hall–Kier alpha value is -1.30. The molecule has 0 fully saturated rings. The second-order valence-electron chi connectivity index (χ2n) is 2.56. The number of aromatic carboxylic acids is 1. The van der Waals surface area contributed by atoms with Gasteiger partial charge in [0.25, 0.3) is 0 Å². The van der Waals surface area contributed by atoms with Gasteiger partial charge in [0.05, 0.1) is 0 Å². The Morgan fingerprint density at radius 2 is 2.29 bits per heavy atom. The van der Waals surface area contributed by atoms with Gasteiger partial charge in [-0.25, -0.2) is 4.79 Å². The van der Waals surface area contributed by atoms with Crippen molar-refractivity contribution in [2.75, 3.05) is 5.75 Å². The maximum Gasteiger partial charge on any atom is 0.356 e. The molecule has 1 N–H and O–H groups in total. The molecule has 0 aliphatic heterocycles. The number of aromatic nitrogens is 2. The lowest BCUT2D eigenvalue weighted by Gasteiger charge is -1.96. The fraction of sp³-hybridized carbons (Fsp3) is 0.375. The Morgan fingerprint density at radius 3 is 2.71 bits per heavy atom. The average Bonchev–Trinajstić information content (AvgIpc) is 2.48. The monoisotopic (exact) mass is 214 g/mol. The zero-order valence-electron chi connectivity index (χ0n) is 7.85. The standard InChI is InChI=1S/C8H10N2O3S/c1-3-14-8(13)6-4-5(7(11)12)9-10(6)2/h4H,3H2,1-2H3,(H,11,12). The number of carbonyl (C=O) groups is 2. The molecule has 0 amide bonds. The van der Waals surface area contributed by atoms with Gasteiger partial charge in [-0.05, 0) is 5.75 Å². The summed E-state index contributed by atoms with van der Waals surface area (Å²) in [4.78, 5) is 22.0. The van der Waals surface area contributed by atoms with Crippen LogP contribution in [0.5, 0.6) is 0 Å². The summed E-state index contributed by atoms with van der Waals surface area (Å²) in [7, 11) is 1.55. The van der Waals surface area contributed by atoms with Crippen LogP contribution < -0.4 is 0 Å². The number of nitrogens with zero attached hydrogens (tertiary/aromatic N) is 2. The van der Waals surface area contributed by atoms with Crippen LogP contribution in [0.4, 0.5) is 0 Å². The Bertz CT molecular complexity index is 373. The highest BCUT2D eigenvalue weighted by Crippen LogP contribution is 2.12. The van der Waals surface area contributed by atoms with Crippen LogP contribution >= 0.6 is 11.8 Å². The number of hydrogen-bond donors (Lipinski definition) is 1. The molecule has 0 radical (unpaired) electrons. The van der Waals surface area contributed by atoms with Gasteiger partial charge < -0.3 is 5.11 Å². The quantitative estimate of drug-likeness (QED) is 0.813. The molecule has 76 valence electrons. The molecule has 1 heterocycles. The molecule has 0 aliphatic carbocycles. The largest absolute Gasteiger partial charge is 0.476 e. The molecule has 6 heteroatoms. The molecular weight excluding hydrogens is 204 g/mol. The van der Waals surface area contributed by atoms with Gasteiger partial charge in [-0.15, -0.1) is 0 Å². The first-order valence-electron chi connectivity index (χ1n) is 4.00. The van der Waals surface area contributed by atoms with Crippen molar-refractivity contribution < 1.29 is 14.7 Å². The van der Waals surface area contributed by atoms with Crippen LogP contribution in [0.2, 0.25) is 0 Å². The first-order chi connectivity index (χ1) is 6.56. The predicted molar refractivity (Wildman–Crippen MR) is 52.6 cm³/mol. The van der Waals surface area contributed by atoms with Gasteiger partial charge in [0.1, 0.15) is 5.69 Å². The molecule has 0 spiro atoms. The number of carbonyl (C=O) groups excluding carboxylic acids is 1. The Kier molecular flexibility index (Phi) is 3.29. The molecule has 5 nitrogen and oxygen atoms in total. The van der Waals surface area contributed by atoms with Crippen molar-refractivity contribution in [2.45, 2.75) is 6.92 Å².